The Balaban J connectivity index is 1.82. The molecule has 1 aromatic heterocycles. The number of amides is 1. The third-order valence-electron chi connectivity index (χ3n) is 3.84. The molecule has 1 atom stereocenters. The van der Waals surface area contributed by atoms with E-state index in [0.717, 1.165) is 30.0 Å². The van der Waals surface area contributed by atoms with Gasteiger partial charge in [0, 0.05) is 30.1 Å². The van der Waals surface area contributed by atoms with Crippen molar-refractivity contribution in [3.8, 4) is 10.6 Å². The van der Waals surface area contributed by atoms with Crippen molar-refractivity contribution in [2.75, 3.05) is 13.1 Å². The molecule has 3 rings (SSSR count). The van der Waals surface area contributed by atoms with E-state index < -0.39 is 0 Å². The number of benzene rings is 1. The van der Waals surface area contributed by atoms with Crippen LogP contribution in [0.1, 0.15) is 28.9 Å². The van der Waals surface area contributed by atoms with Gasteiger partial charge in [-0.1, -0.05) is 24.3 Å². The summed E-state index contributed by atoms with van der Waals surface area (Å²) in [5, 5.41) is 2.75. The molecule has 1 aliphatic heterocycles. The Morgan fingerprint density at radius 1 is 1.43 bits per heavy atom. The summed E-state index contributed by atoms with van der Waals surface area (Å²) in [4.78, 5) is 18.8. The lowest BCUT2D eigenvalue weighted by Crippen LogP contribution is -2.45. The molecule has 2 heterocycles. The molecule has 21 heavy (non-hydrogen) atoms. The van der Waals surface area contributed by atoms with Gasteiger partial charge in [-0.25, -0.2) is 4.98 Å². The Morgan fingerprint density at radius 2 is 2.24 bits per heavy atom. The van der Waals surface area contributed by atoms with Crippen molar-refractivity contribution in [1.82, 2.24) is 9.88 Å². The van der Waals surface area contributed by atoms with Gasteiger partial charge in [-0.3, -0.25) is 4.79 Å². The molecule has 110 valence electrons. The van der Waals surface area contributed by atoms with E-state index >= 15 is 0 Å². The monoisotopic (exact) mass is 301 g/mol. The van der Waals surface area contributed by atoms with Crippen LogP contribution in [0.3, 0.4) is 0 Å². The van der Waals surface area contributed by atoms with Crippen molar-refractivity contribution in [2.24, 2.45) is 5.73 Å². The van der Waals surface area contributed by atoms with E-state index in [4.69, 9.17) is 5.73 Å². The van der Waals surface area contributed by atoms with Crippen LogP contribution in [0.15, 0.2) is 29.6 Å². The van der Waals surface area contributed by atoms with Gasteiger partial charge in [-0.05, 0) is 25.3 Å². The minimum absolute atomic E-state index is 0.00114. The zero-order valence-corrected chi connectivity index (χ0v) is 12.9. The predicted octanol–water partition coefficient (Wildman–Crippen LogP) is 2.68. The molecule has 2 N–H and O–H groups in total. The standard InChI is InChI=1S/C16H19N3OS/c1-11-5-2-3-7-13(11)15-18-14(10-21-15)16(20)19-8-4-6-12(17)9-19/h2-3,5,7,10,12H,4,6,8-9,17H2,1H3/t12-/m0/s1. The largest absolute Gasteiger partial charge is 0.336 e. The van der Waals surface area contributed by atoms with Crippen LogP contribution >= 0.6 is 11.3 Å². The molecule has 0 bridgehead atoms. The molecule has 5 heteroatoms. The number of hydrogen-bond acceptors (Lipinski definition) is 4. The number of likely N-dealkylation sites (tertiary alicyclic amines) is 1. The second-order valence-electron chi connectivity index (χ2n) is 5.51. The Morgan fingerprint density at radius 3 is 3.00 bits per heavy atom. The minimum atomic E-state index is 0.00114. The zero-order valence-electron chi connectivity index (χ0n) is 12.1. The van der Waals surface area contributed by atoms with Gasteiger partial charge in [0.25, 0.3) is 5.91 Å². The Kier molecular flexibility index (Phi) is 4.03. The van der Waals surface area contributed by atoms with Crippen LogP contribution in [-0.2, 0) is 0 Å². The molecule has 2 aromatic rings. The molecule has 4 nitrogen and oxygen atoms in total. The van der Waals surface area contributed by atoms with Crippen LogP contribution in [0.5, 0.6) is 0 Å². The van der Waals surface area contributed by atoms with Crippen LogP contribution in [0.2, 0.25) is 0 Å². The van der Waals surface area contributed by atoms with Gasteiger partial charge in [0.15, 0.2) is 0 Å². The lowest BCUT2D eigenvalue weighted by molar-refractivity contribution is 0.0704. The summed E-state index contributed by atoms with van der Waals surface area (Å²) in [5.74, 6) is 0.00114. The average Bonchev–Trinajstić information content (AvgIpc) is 2.96. The quantitative estimate of drug-likeness (QED) is 0.927. The Labute approximate surface area is 128 Å². The molecular formula is C16H19N3OS. The van der Waals surface area contributed by atoms with E-state index in [1.807, 2.05) is 28.5 Å². The van der Waals surface area contributed by atoms with Crippen LogP contribution in [0.4, 0.5) is 0 Å². The van der Waals surface area contributed by atoms with E-state index in [2.05, 4.69) is 18.0 Å². The van der Waals surface area contributed by atoms with Gasteiger partial charge in [0.05, 0.1) is 0 Å². The number of carbonyl (C=O) groups is 1. The number of nitrogens with two attached hydrogens (primary N) is 1. The molecule has 1 aliphatic rings. The summed E-state index contributed by atoms with van der Waals surface area (Å²) in [6, 6.07) is 8.20. The number of piperidine rings is 1. The van der Waals surface area contributed by atoms with Gasteiger partial charge in [0.1, 0.15) is 10.7 Å². The molecule has 0 spiro atoms. The highest BCUT2D eigenvalue weighted by molar-refractivity contribution is 7.13. The maximum atomic E-state index is 12.5. The normalized spacial score (nSPS) is 18.8. The second-order valence-corrected chi connectivity index (χ2v) is 6.36. The van der Waals surface area contributed by atoms with Gasteiger partial charge in [-0.2, -0.15) is 0 Å². The van der Waals surface area contributed by atoms with Crippen LogP contribution < -0.4 is 5.73 Å². The topological polar surface area (TPSA) is 59.2 Å². The van der Waals surface area contributed by atoms with Gasteiger partial charge < -0.3 is 10.6 Å². The maximum Gasteiger partial charge on any atom is 0.273 e. The number of aromatic nitrogens is 1. The molecule has 0 aliphatic carbocycles. The highest BCUT2D eigenvalue weighted by Gasteiger charge is 2.24. The lowest BCUT2D eigenvalue weighted by Gasteiger charge is -2.30. The summed E-state index contributed by atoms with van der Waals surface area (Å²) < 4.78 is 0. The lowest BCUT2D eigenvalue weighted by atomic mass is 10.1. The third-order valence-corrected chi connectivity index (χ3v) is 4.72. The number of carbonyl (C=O) groups excluding carboxylic acids is 1. The Bertz CT molecular complexity index is 652. The molecule has 1 aromatic carbocycles. The fraction of sp³-hybridized carbons (Fsp3) is 0.375. The second kappa shape index (κ2) is 5.95. The number of thiazole rings is 1. The first-order valence-corrected chi connectivity index (χ1v) is 8.09. The molecule has 1 amide bonds. The minimum Gasteiger partial charge on any atom is -0.336 e. The highest BCUT2D eigenvalue weighted by Crippen LogP contribution is 2.27. The van der Waals surface area contributed by atoms with Gasteiger partial charge >= 0.3 is 0 Å². The van der Waals surface area contributed by atoms with Crippen molar-refractivity contribution < 1.29 is 4.79 Å². The number of hydrogen-bond donors (Lipinski definition) is 1. The maximum absolute atomic E-state index is 12.5. The van der Waals surface area contributed by atoms with Crippen LogP contribution in [0.25, 0.3) is 10.6 Å². The highest BCUT2D eigenvalue weighted by atomic mass is 32.1. The molecule has 1 saturated heterocycles. The fourth-order valence-electron chi connectivity index (χ4n) is 2.66. The number of aryl methyl sites for hydroxylation is 1. The molecule has 0 unspecified atom stereocenters. The summed E-state index contributed by atoms with van der Waals surface area (Å²) in [6.07, 6.45) is 1.97. The first kappa shape index (κ1) is 14.2. The van der Waals surface area contributed by atoms with Crippen molar-refractivity contribution in [3.63, 3.8) is 0 Å². The van der Waals surface area contributed by atoms with E-state index in [1.165, 1.54) is 16.9 Å². The predicted molar refractivity (Wildman–Crippen MR) is 85.4 cm³/mol. The van der Waals surface area contributed by atoms with Crippen molar-refractivity contribution in [2.45, 2.75) is 25.8 Å². The fourth-order valence-corrected chi connectivity index (χ4v) is 3.55. The number of nitrogens with zero attached hydrogens (tertiary/aromatic N) is 2. The Hall–Kier alpha value is -1.72. The van der Waals surface area contributed by atoms with Crippen molar-refractivity contribution in [1.29, 1.82) is 0 Å². The summed E-state index contributed by atoms with van der Waals surface area (Å²) >= 11 is 1.52. The van der Waals surface area contributed by atoms with Crippen LogP contribution in [-0.4, -0.2) is 34.9 Å². The van der Waals surface area contributed by atoms with Gasteiger partial charge in [0.2, 0.25) is 0 Å². The van der Waals surface area contributed by atoms with Crippen molar-refractivity contribution in [3.05, 3.63) is 40.9 Å². The summed E-state index contributed by atoms with van der Waals surface area (Å²) in [7, 11) is 0. The first-order valence-electron chi connectivity index (χ1n) is 7.21. The van der Waals surface area contributed by atoms with Gasteiger partial charge in [-0.15, -0.1) is 11.3 Å². The van der Waals surface area contributed by atoms with Crippen molar-refractivity contribution >= 4 is 17.2 Å². The number of rotatable bonds is 2. The van der Waals surface area contributed by atoms with Crippen LogP contribution in [0, 0.1) is 6.92 Å². The van der Waals surface area contributed by atoms with E-state index in [1.54, 1.807) is 0 Å². The van der Waals surface area contributed by atoms with E-state index in [0.29, 0.717) is 12.2 Å². The SMILES string of the molecule is Cc1ccccc1-c1nc(C(=O)N2CCC[C@H](N)C2)cs1. The van der Waals surface area contributed by atoms with E-state index in [-0.39, 0.29) is 11.9 Å². The zero-order chi connectivity index (χ0) is 14.8. The smallest absolute Gasteiger partial charge is 0.273 e. The molecular weight excluding hydrogens is 282 g/mol. The summed E-state index contributed by atoms with van der Waals surface area (Å²) in [6.45, 7) is 3.47. The average molecular weight is 301 g/mol. The molecule has 0 radical (unpaired) electrons. The van der Waals surface area contributed by atoms with E-state index in [9.17, 15) is 4.79 Å². The first-order chi connectivity index (χ1) is 10.1. The summed E-state index contributed by atoms with van der Waals surface area (Å²) in [5.41, 5.74) is 8.75. The third kappa shape index (κ3) is 2.99. The molecule has 1 fully saturated rings. The molecule has 0 saturated carbocycles.